The van der Waals surface area contributed by atoms with Gasteiger partial charge in [0.15, 0.2) is 11.2 Å². The third-order valence-electron chi connectivity index (χ3n) is 0. The predicted molar refractivity (Wildman–Crippen MR) is 24.3 cm³/mol. The van der Waals surface area contributed by atoms with Crippen LogP contribution in [0, 0.1) is 0 Å². The summed E-state index contributed by atoms with van der Waals surface area (Å²) >= 11 is 9.16. The van der Waals surface area contributed by atoms with Crippen LogP contribution in [0.1, 0.15) is 0 Å². The predicted octanol–water partition coefficient (Wildman–Crippen LogP) is 0.958. The topological polar surface area (TPSA) is 26.0 Å². The molecule has 0 aromatic rings. The molecule has 0 saturated heterocycles. The fourth-order valence-electron chi connectivity index (χ4n) is 0. The summed E-state index contributed by atoms with van der Waals surface area (Å²) in [5, 5.41) is 0. The van der Waals surface area contributed by atoms with E-state index in [1.165, 1.54) is 0 Å². The van der Waals surface area contributed by atoms with Crippen LogP contribution in [0.2, 0.25) is 0 Å². The van der Waals surface area contributed by atoms with Crippen molar-refractivity contribution < 1.29 is 0 Å². The first-order valence-corrected chi connectivity index (χ1v) is 3.94. The number of hydrogen-bond acceptors (Lipinski definition) is 1. The van der Waals surface area contributed by atoms with Crippen molar-refractivity contribution >= 4 is 29.2 Å². The molecule has 1 unspecified atom stereocenters. The Balaban J connectivity index is 2.80. The van der Waals surface area contributed by atoms with E-state index in [1.807, 2.05) is 0 Å². The van der Waals surface area contributed by atoms with Crippen molar-refractivity contribution in [2.45, 2.75) is 0 Å². The van der Waals surface area contributed by atoms with Crippen molar-refractivity contribution in [3.05, 3.63) is 0 Å². The van der Waals surface area contributed by atoms with Gasteiger partial charge in [-0.25, -0.2) is 0 Å². The van der Waals surface area contributed by atoms with E-state index < -0.39 is 6.20 Å². The Bertz CT molecular complexity index is 31.0. The Labute approximate surface area is 35.4 Å². The summed E-state index contributed by atoms with van der Waals surface area (Å²) in [5.74, 6) is 0. The van der Waals surface area contributed by atoms with Crippen molar-refractivity contribution in [1.29, 1.82) is 0 Å². The number of halogens is 1. The van der Waals surface area contributed by atoms with Crippen molar-refractivity contribution in [1.82, 2.24) is 0 Å². The third-order valence-corrected chi connectivity index (χ3v) is 0. The second-order valence-electron chi connectivity index (χ2n) is 0.272. The van der Waals surface area contributed by atoms with E-state index in [1.54, 1.807) is 0 Å². The monoisotopic (exact) mass is 114 g/mol. The maximum atomic E-state index is 4.93. The van der Waals surface area contributed by atoms with E-state index in [9.17, 15) is 0 Å². The molecule has 0 aromatic heterocycles. The first-order chi connectivity index (χ1) is 1.73. The smallest absolute Gasteiger partial charge is 0.130 e. The van der Waals surface area contributed by atoms with Gasteiger partial charge < -0.3 is 0 Å². The number of nitrogens with two attached hydrogens (primary N) is 1. The number of hydrogen-bond donors (Lipinski definition) is 1. The highest BCUT2D eigenvalue weighted by Gasteiger charge is 1.82. The first-order valence-electron chi connectivity index (χ1n) is 0.610. The van der Waals surface area contributed by atoms with Crippen LogP contribution >= 0.6 is 17.4 Å². The van der Waals surface area contributed by atoms with Crippen molar-refractivity contribution in [2.75, 3.05) is 0 Å². The van der Waals surface area contributed by atoms with Gasteiger partial charge in [0.2, 0.25) is 11.8 Å². The molecule has 0 amide bonds. The summed E-state index contributed by atoms with van der Waals surface area (Å²) in [6.07, 6.45) is -1.06. The highest BCUT2D eigenvalue weighted by molar-refractivity contribution is 8.16. The van der Waals surface area contributed by atoms with Crippen LogP contribution in [-0.4, -0.2) is 0 Å². The Morgan fingerprint density at radius 1 is 2.00 bits per heavy atom. The molecule has 2 N–H and O–H groups in total. The maximum absolute atomic E-state index is 4.93. The molecule has 0 aliphatic heterocycles. The zero-order valence-corrected chi connectivity index (χ0v) is 4.28. The lowest BCUT2D eigenvalue weighted by Gasteiger charge is -1.37. The summed E-state index contributed by atoms with van der Waals surface area (Å²) in [6, 6.07) is 0. The Morgan fingerprint density at radius 2 is 2.00 bits per heavy atom. The molecule has 0 aliphatic rings. The minimum Gasteiger partial charge on any atom is -0.130 e. The molecule has 24 valence electrons. The van der Waals surface area contributed by atoms with Gasteiger partial charge in [0.1, 0.15) is 0 Å². The summed E-state index contributed by atoms with van der Waals surface area (Å²) < 4.78 is 0. The van der Waals surface area contributed by atoms with Gasteiger partial charge in [0.25, 0.3) is 0 Å². The third kappa shape index (κ3) is 14.6. The van der Waals surface area contributed by atoms with E-state index in [0.717, 1.165) is 0 Å². The van der Waals surface area contributed by atoms with E-state index in [2.05, 4.69) is 11.8 Å². The van der Waals surface area contributed by atoms with Crippen LogP contribution in [0.4, 0.5) is 0 Å². The minimum atomic E-state index is -1.06. The largest absolute Gasteiger partial charge is 0.381 e. The van der Waals surface area contributed by atoms with Gasteiger partial charge in [-0.3, -0.25) is 0 Å². The standard InChI is InChI=1S/ClH2NPS/c1-3(2)4/h(H2,2,4)/q+1. The second kappa shape index (κ2) is 2.04. The Hall–Kier alpha value is 0.770. The van der Waals surface area contributed by atoms with Crippen LogP contribution in [0.3, 0.4) is 0 Å². The number of rotatable bonds is 0. The first kappa shape index (κ1) is 4.77. The molecule has 0 heterocycles. The summed E-state index contributed by atoms with van der Waals surface area (Å²) in [7, 11) is 0. The lowest BCUT2D eigenvalue weighted by Crippen LogP contribution is -1.60. The molecule has 0 spiro atoms. The van der Waals surface area contributed by atoms with Crippen molar-refractivity contribution in [2.24, 2.45) is 5.50 Å². The fraction of sp³-hybridized carbons (Fsp3) is 0. The van der Waals surface area contributed by atoms with Crippen LogP contribution < -0.4 is 5.50 Å². The quantitative estimate of drug-likeness (QED) is 0.475. The van der Waals surface area contributed by atoms with Gasteiger partial charge in [-0.1, -0.05) is 0 Å². The molecule has 0 aliphatic carbocycles. The summed E-state index contributed by atoms with van der Waals surface area (Å²) in [6.45, 7) is 0. The zero-order valence-electron chi connectivity index (χ0n) is 1.81. The van der Waals surface area contributed by atoms with Gasteiger partial charge in [-0.2, -0.15) is 0 Å². The van der Waals surface area contributed by atoms with Gasteiger partial charge in [-0.05, 0) is 0 Å². The van der Waals surface area contributed by atoms with Gasteiger partial charge in [0.05, 0.1) is 0 Å². The molecule has 0 radical (unpaired) electrons. The fourth-order valence-corrected chi connectivity index (χ4v) is 0. The molecule has 0 saturated carbocycles. The average Bonchev–Trinajstić information content (AvgIpc) is 0.811. The highest BCUT2D eigenvalue weighted by Crippen LogP contribution is 2.12. The summed E-state index contributed by atoms with van der Waals surface area (Å²) in [4.78, 5) is 0. The molecule has 4 heteroatoms. The van der Waals surface area contributed by atoms with E-state index >= 15 is 0 Å². The molecule has 0 aromatic carbocycles. The highest BCUT2D eigenvalue weighted by atomic mass is 35.7. The van der Waals surface area contributed by atoms with Gasteiger partial charge in [0, 0.05) is 0 Å². The molecule has 1 atom stereocenters. The molecule has 0 fully saturated rings. The summed E-state index contributed by atoms with van der Waals surface area (Å²) in [5.41, 5.74) is 4.76. The molecule has 4 heavy (non-hydrogen) atoms. The second-order valence-corrected chi connectivity index (χ2v) is 3.69. The average molecular weight is 115 g/mol. The van der Waals surface area contributed by atoms with Gasteiger partial charge >= 0.3 is 6.20 Å². The molecular weight excluding hydrogens is 113 g/mol. The van der Waals surface area contributed by atoms with Crippen molar-refractivity contribution in [3.63, 3.8) is 0 Å². The SMILES string of the molecule is N[P+](=S)Cl. The van der Waals surface area contributed by atoms with Crippen LogP contribution in [0.25, 0.3) is 0 Å². The lowest BCUT2D eigenvalue weighted by molar-refractivity contribution is 2.04. The van der Waals surface area contributed by atoms with E-state index in [4.69, 9.17) is 16.7 Å². The normalized spacial score (nSPS) is 11.0. The Kier molecular flexibility index (Phi) is 2.43. The van der Waals surface area contributed by atoms with Crippen molar-refractivity contribution in [3.8, 4) is 0 Å². The molecule has 0 bridgehead atoms. The zero-order chi connectivity index (χ0) is 3.58. The van der Waals surface area contributed by atoms with E-state index in [0.29, 0.717) is 0 Å². The van der Waals surface area contributed by atoms with E-state index in [-0.39, 0.29) is 0 Å². The van der Waals surface area contributed by atoms with Crippen LogP contribution in [-0.2, 0) is 11.8 Å². The van der Waals surface area contributed by atoms with Gasteiger partial charge in [-0.15, -0.1) is 5.50 Å². The Morgan fingerprint density at radius 3 is 2.00 bits per heavy atom. The minimum absolute atomic E-state index is 1.06. The van der Waals surface area contributed by atoms with Crippen LogP contribution in [0.5, 0.6) is 0 Å². The molecule has 1 nitrogen and oxygen atoms in total. The molecular formula is H2ClNPS+. The maximum Gasteiger partial charge on any atom is 0.381 e. The van der Waals surface area contributed by atoms with Crippen LogP contribution in [0.15, 0.2) is 0 Å². The molecule has 0 rings (SSSR count). The lowest BCUT2D eigenvalue weighted by atomic mass is 13.9.